The van der Waals surface area contributed by atoms with E-state index in [2.05, 4.69) is 20.5 Å². The third kappa shape index (κ3) is 17.5. The van der Waals surface area contributed by atoms with Crippen molar-refractivity contribution < 1.29 is 48.0 Å². The van der Waals surface area contributed by atoms with Crippen LogP contribution in [0.2, 0.25) is 0 Å². The molecule has 0 aromatic rings. The van der Waals surface area contributed by atoms with Crippen LogP contribution >= 0.6 is 0 Å². The summed E-state index contributed by atoms with van der Waals surface area (Å²) in [6.45, 7) is 11.3. The summed E-state index contributed by atoms with van der Waals surface area (Å²) in [5.74, 6) is -3.47. The topological polar surface area (TPSA) is 193 Å². The van der Waals surface area contributed by atoms with Crippen molar-refractivity contribution in [3.8, 4) is 0 Å². The van der Waals surface area contributed by atoms with Gasteiger partial charge in [0.15, 0.2) is 0 Å². The zero-order valence-electron chi connectivity index (χ0n) is 21.2. The summed E-state index contributed by atoms with van der Waals surface area (Å²) in [7, 11) is 0. The summed E-state index contributed by atoms with van der Waals surface area (Å²) in [5.41, 5.74) is 5.59. The van der Waals surface area contributed by atoms with Crippen LogP contribution in [0.4, 0.5) is 9.59 Å². The molecule has 35 heavy (non-hydrogen) atoms. The van der Waals surface area contributed by atoms with Gasteiger partial charge in [-0.15, -0.1) is 0 Å². The van der Waals surface area contributed by atoms with Crippen molar-refractivity contribution in [3.63, 3.8) is 0 Å². The third-order valence-electron chi connectivity index (χ3n) is 3.49. The first-order valence-corrected chi connectivity index (χ1v) is 10.9. The number of nitrogens with two attached hydrogens (primary N) is 1. The Labute approximate surface area is 204 Å². The predicted octanol–water partition coefficient (Wildman–Crippen LogP) is 1.22. The molecule has 1 unspecified atom stereocenters. The second kappa shape index (κ2) is 14.0. The van der Waals surface area contributed by atoms with Gasteiger partial charge < -0.3 is 20.5 Å². The van der Waals surface area contributed by atoms with Crippen LogP contribution in [0.25, 0.3) is 0 Å². The second-order valence-corrected chi connectivity index (χ2v) is 9.54. The normalized spacial score (nSPS) is 12.0. The maximum Gasteiger partial charge on any atom is 0.426 e. The van der Waals surface area contributed by atoms with Crippen molar-refractivity contribution in [2.45, 2.75) is 91.4 Å². The van der Waals surface area contributed by atoms with Crippen LogP contribution in [-0.2, 0) is 38.4 Å². The molecule has 0 aliphatic rings. The summed E-state index contributed by atoms with van der Waals surface area (Å²) in [4.78, 5) is 79.1. The van der Waals surface area contributed by atoms with Crippen LogP contribution in [0.15, 0.2) is 0 Å². The monoisotopic (exact) mass is 504 g/mol. The number of nitrogens with zero attached hydrogens (tertiary/aromatic N) is 1. The molecule has 1 atom stereocenters. The van der Waals surface area contributed by atoms with Crippen molar-refractivity contribution in [1.29, 1.82) is 0 Å². The summed E-state index contributed by atoms with van der Waals surface area (Å²) < 4.78 is 10.3. The molecule has 0 heterocycles. The van der Waals surface area contributed by atoms with Gasteiger partial charge in [-0.05, 0) is 48.5 Å². The molecule has 0 saturated heterocycles. The molecule has 4 amide bonds. The zero-order chi connectivity index (χ0) is 27.4. The molecule has 0 aromatic carbocycles. The molecule has 14 heteroatoms. The highest BCUT2D eigenvalue weighted by Crippen LogP contribution is 2.09. The van der Waals surface area contributed by atoms with E-state index in [9.17, 15) is 28.8 Å². The number of amides is 4. The molecule has 0 aliphatic heterocycles. The van der Waals surface area contributed by atoms with E-state index in [0.29, 0.717) is 0 Å². The first-order chi connectivity index (χ1) is 15.9. The quantitative estimate of drug-likeness (QED) is 0.303. The lowest BCUT2D eigenvalue weighted by molar-refractivity contribution is -0.259. The Balaban J connectivity index is 4.98. The number of hydrogen-bond donors (Lipinski definition) is 3. The van der Waals surface area contributed by atoms with E-state index in [1.807, 2.05) is 0 Å². The van der Waals surface area contributed by atoms with Crippen molar-refractivity contribution in [3.05, 3.63) is 0 Å². The van der Waals surface area contributed by atoms with Crippen molar-refractivity contribution in [1.82, 2.24) is 15.8 Å². The minimum atomic E-state index is -1.04. The van der Waals surface area contributed by atoms with Gasteiger partial charge >= 0.3 is 24.1 Å². The highest BCUT2D eigenvalue weighted by molar-refractivity contribution is 5.83. The Bertz CT molecular complexity index is 786. The SMILES string of the molecule is CC(CN(NC(=O)OC(C)(C)C)C(=O)CCC(=O)OOC(=O)CCC(N)=O)NC(=O)OC(C)(C)C. The number of nitrogens with one attached hydrogen (secondary N) is 2. The van der Waals surface area contributed by atoms with E-state index in [4.69, 9.17) is 15.2 Å². The summed E-state index contributed by atoms with van der Waals surface area (Å²) in [5, 5.41) is 3.41. The van der Waals surface area contributed by atoms with Gasteiger partial charge in [-0.25, -0.2) is 39.4 Å². The standard InChI is InChI=1S/C21H36N4O10/c1-13(23-18(30)32-20(2,3)4)12-25(24-19(31)33-21(5,6)7)15(27)9-11-17(29)35-34-16(28)10-8-14(22)26/h13H,8-12H2,1-7H3,(H2,22,26)(H,23,30)(H,24,31). The molecule has 14 nitrogen and oxygen atoms in total. The summed E-state index contributed by atoms with van der Waals surface area (Å²) in [6.07, 6.45) is -3.25. The fourth-order valence-corrected chi connectivity index (χ4v) is 2.19. The minimum Gasteiger partial charge on any atom is -0.444 e. The fourth-order valence-electron chi connectivity index (χ4n) is 2.19. The predicted molar refractivity (Wildman–Crippen MR) is 120 cm³/mol. The van der Waals surface area contributed by atoms with Crippen molar-refractivity contribution in [2.75, 3.05) is 6.54 Å². The molecule has 0 aromatic heterocycles. The molecule has 0 bridgehead atoms. The maximum atomic E-state index is 12.7. The fraction of sp³-hybridized carbons (Fsp3) is 0.714. The van der Waals surface area contributed by atoms with Crippen molar-refractivity contribution >= 4 is 35.9 Å². The molecule has 0 aliphatic carbocycles. The Morgan fingerprint density at radius 2 is 1.23 bits per heavy atom. The van der Waals surface area contributed by atoms with Gasteiger partial charge in [0.2, 0.25) is 11.8 Å². The van der Waals surface area contributed by atoms with E-state index in [-0.39, 0.29) is 19.4 Å². The molecular weight excluding hydrogens is 468 g/mol. The first-order valence-electron chi connectivity index (χ1n) is 10.9. The number of hydrazine groups is 1. The third-order valence-corrected chi connectivity index (χ3v) is 3.49. The number of ether oxygens (including phenoxy) is 2. The number of alkyl carbamates (subject to hydrolysis) is 1. The lowest BCUT2D eigenvalue weighted by Crippen LogP contribution is -2.53. The largest absolute Gasteiger partial charge is 0.444 e. The van der Waals surface area contributed by atoms with Gasteiger partial charge in [0.1, 0.15) is 11.2 Å². The van der Waals surface area contributed by atoms with E-state index >= 15 is 0 Å². The smallest absolute Gasteiger partial charge is 0.426 e. The Morgan fingerprint density at radius 1 is 0.771 bits per heavy atom. The molecule has 0 fully saturated rings. The number of rotatable bonds is 9. The maximum absolute atomic E-state index is 12.7. The average molecular weight is 505 g/mol. The van der Waals surface area contributed by atoms with E-state index in [1.165, 1.54) is 0 Å². The van der Waals surface area contributed by atoms with Crippen molar-refractivity contribution in [2.24, 2.45) is 5.73 Å². The zero-order valence-corrected chi connectivity index (χ0v) is 21.2. The molecule has 0 saturated carbocycles. The molecule has 0 rings (SSSR count). The molecular formula is C21H36N4O10. The molecule has 4 N–H and O–H groups in total. The number of hydrogen-bond acceptors (Lipinski definition) is 10. The Kier molecular flexibility index (Phi) is 12.5. The Hall–Kier alpha value is -3.58. The van der Waals surface area contributed by atoms with Gasteiger partial charge in [-0.2, -0.15) is 0 Å². The average Bonchev–Trinajstić information content (AvgIpc) is 2.65. The van der Waals surface area contributed by atoms with Gasteiger partial charge in [-0.3, -0.25) is 9.59 Å². The first kappa shape index (κ1) is 31.4. The van der Waals surface area contributed by atoms with Crippen LogP contribution in [0.3, 0.4) is 0 Å². The van der Waals surface area contributed by atoms with Crippen LogP contribution in [0.5, 0.6) is 0 Å². The highest BCUT2D eigenvalue weighted by atomic mass is 17.2. The lowest BCUT2D eigenvalue weighted by atomic mass is 10.2. The molecule has 0 spiro atoms. The highest BCUT2D eigenvalue weighted by Gasteiger charge is 2.25. The van der Waals surface area contributed by atoms with Crippen LogP contribution in [0, 0.1) is 0 Å². The molecule has 0 radical (unpaired) electrons. The number of primary amides is 1. The number of carbonyl (C=O) groups is 6. The summed E-state index contributed by atoms with van der Waals surface area (Å²) >= 11 is 0. The van der Waals surface area contributed by atoms with Gasteiger partial charge in [0.05, 0.1) is 19.4 Å². The number of carbonyl (C=O) groups excluding carboxylic acids is 6. The van der Waals surface area contributed by atoms with E-state index in [1.54, 1.807) is 48.5 Å². The van der Waals surface area contributed by atoms with E-state index in [0.717, 1.165) is 5.01 Å². The molecule has 200 valence electrons. The van der Waals surface area contributed by atoms with Crippen LogP contribution in [0.1, 0.15) is 74.1 Å². The van der Waals surface area contributed by atoms with Crippen LogP contribution < -0.4 is 16.5 Å². The lowest BCUT2D eigenvalue weighted by Gasteiger charge is -2.29. The van der Waals surface area contributed by atoms with Gasteiger partial charge in [0.25, 0.3) is 0 Å². The van der Waals surface area contributed by atoms with Gasteiger partial charge in [-0.1, -0.05) is 0 Å². The second-order valence-electron chi connectivity index (χ2n) is 9.54. The minimum absolute atomic E-state index is 0.186. The van der Waals surface area contributed by atoms with E-state index < -0.39 is 66.0 Å². The van der Waals surface area contributed by atoms with Crippen LogP contribution in [-0.4, -0.2) is 64.7 Å². The Morgan fingerprint density at radius 3 is 1.69 bits per heavy atom. The summed E-state index contributed by atoms with van der Waals surface area (Å²) in [6, 6.07) is -0.665. The van der Waals surface area contributed by atoms with Gasteiger partial charge in [0, 0.05) is 18.9 Å².